The summed E-state index contributed by atoms with van der Waals surface area (Å²) in [5, 5.41) is 0.893. The highest BCUT2D eigenvalue weighted by Crippen LogP contribution is 2.36. The molecule has 0 bridgehead atoms. The second kappa shape index (κ2) is 6.79. The molecule has 0 saturated carbocycles. The fraction of sp³-hybridized carbons (Fsp3) is 0.500. The fourth-order valence-corrected chi connectivity index (χ4v) is 2.49. The summed E-state index contributed by atoms with van der Waals surface area (Å²) in [5.41, 5.74) is 0. The van der Waals surface area contributed by atoms with E-state index < -0.39 is 8.32 Å². The van der Waals surface area contributed by atoms with Crippen LogP contribution in [0.3, 0.4) is 0 Å². The molecule has 2 nitrogen and oxygen atoms in total. The molecule has 1 aromatic carbocycles. The Morgan fingerprint density at radius 3 is 2.25 bits per heavy atom. The molecule has 0 aliphatic carbocycles. The zero-order chi connectivity index (χ0) is 15.4. The molecule has 112 valence electrons. The van der Waals surface area contributed by atoms with Gasteiger partial charge in [-0.05, 0) is 48.5 Å². The first-order valence-corrected chi connectivity index (χ1v) is 10.1. The van der Waals surface area contributed by atoms with Crippen molar-refractivity contribution in [1.82, 2.24) is 0 Å². The van der Waals surface area contributed by atoms with Crippen LogP contribution in [-0.4, -0.2) is 21.0 Å². The normalized spacial score (nSPS) is 13.9. The van der Waals surface area contributed by atoms with Gasteiger partial charge in [0.15, 0.2) is 8.32 Å². The van der Waals surface area contributed by atoms with E-state index >= 15 is 0 Å². The van der Waals surface area contributed by atoms with Gasteiger partial charge in [-0.2, -0.15) is 0 Å². The summed E-state index contributed by atoms with van der Waals surface area (Å²) in [6.45, 7) is 15.5. The van der Waals surface area contributed by atoms with E-state index in [1.165, 1.54) is 0 Å². The van der Waals surface area contributed by atoms with Crippen molar-refractivity contribution in [2.45, 2.75) is 45.0 Å². The summed E-state index contributed by atoms with van der Waals surface area (Å²) in [6.07, 6.45) is 1.63. The third-order valence-corrected chi connectivity index (χ3v) is 8.53. The fourth-order valence-electron chi connectivity index (χ4n) is 1.35. The van der Waals surface area contributed by atoms with E-state index in [9.17, 15) is 0 Å². The Morgan fingerprint density at radius 1 is 1.25 bits per heavy atom. The Hall–Kier alpha value is -0.773. The summed E-state index contributed by atoms with van der Waals surface area (Å²) < 4.78 is 12.0. The van der Waals surface area contributed by atoms with Crippen LogP contribution in [0.1, 0.15) is 20.8 Å². The van der Waals surface area contributed by atoms with Crippen LogP contribution < -0.4 is 4.74 Å². The van der Waals surface area contributed by atoms with Crippen molar-refractivity contribution >= 4 is 19.9 Å². The van der Waals surface area contributed by atoms with Crippen LogP contribution in [0.4, 0.5) is 0 Å². The molecule has 1 unspecified atom stereocenters. The van der Waals surface area contributed by atoms with Crippen molar-refractivity contribution in [1.29, 1.82) is 0 Å². The minimum atomic E-state index is -1.76. The lowest BCUT2D eigenvalue weighted by atomic mass is 10.2. The molecule has 0 aliphatic rings. The average molecular weight is 313 g/mol. The van der Waals surface area contributed by atoms with Crippen LogP contribution in [-0.2, 0) is 4.43 Å². The molecule has 0 amide bonds. The van der Waals surface area contributed by atoms with Crippen LogP contribution in [0.2, 0.25) is 23.2 Å². The molecular weight excluding hydrogens is 288 g/mol. The van der Waals surface area contributed by atoms with Gasteiger partial charge in [0.1, 0.15) is 11.9 Å². The third-order valence-electron chi connectivity index (χ3n) is 3.78. The van der Waals surface area contributed by atoms with Crippen molar-refractivity contribution < 1.29 is 9.16 Å². The molecule has 0 aromatic heterocycles. The first-order valence-electron chi connectivity index (χ1n) is 6.84. The second-order valence-corrected chi connectivity index (χ2v) is 11.7. The van der Waals surface area contributed by atoms with E-state index in [0.717, 1.165) is 5.75 Å². The van der Waals surface area contributed by atoms with Gasteiger partial charge in [0.2, 0.25) is 0 Å². The zero-order valence-electron chi connectivity index (χ0n) is 13.1. The maximum Gasteiger partial charge on any atom is 0.192 e. The highest BCUT2D eigenvalue weighted by molar-refractivity contribution is 6.74. The lowest BCUT2D eigenvalue weighted by molar-refractivity contribution is 0.154. The number of ether oxygens (including phenoxy) is 1. The third kappa shape index (κ3) is 4.96. The highest BCUT2D eigenvalue weighted by atomic mass is 35.5. The molecule has 0 heterocycles. The maximum atomic E-state index is 6.16. The van der Waals surface area contributed by atoms with Gasteiger partial charge in [-0.25, -0.2) is 0 Å². The van der Waals surface area contributed by atoms with Gasteiger partial charge in [0.25, 0.3) is 0 Å². The van der Waals surface area contributed by atoms with Gasteiger partial charge >= 0.3 is 0 Å². The van der Waals surface area contributed by atoms with E-state index in [0.29, 0.717) is 11.6 Å². The molecule has 0 aliphatic heterocycles. The molecule has 0 radical (unpaired) electrons. The maximum absolute atomic E-state index is 6.16. The summed E-state index contributed by atoms with van der Waals surface area (Å²) >= 11 is 5.86. The predicted molar refractivity (Wildman–Crippen MR) is 89.2 cm³/mol. The first-order chi connectivity index (χ1) is 9.15. The molecule has 0 fully saturated rings. The molecule has 1 rings (SSSR count). The number of hydrogen-bond donors (Lipinski definition) is 0. The topological polar surface area (TPSA) is 18.5 Å². The van der Waals surface area contributed by atoms with Gasteiger partial charge in [0, 0.05) is 5.02 Å². The van der Waals surface area contributed by atoms with E-state index in [2.05, 4.69) is 40.4 Å². The summed E-state index contributed by atoms with van der Waals surface area (Å²) in [4.78, 5) is 0. The number of benzene rings is 1. The van der Waals surface area contributed by atoms with Gasteiger partial charge in [-0.15, -0.1) is 0 Å². The van der Waals surface area contributed by atoms with Crippen LogP contribution in [0.25, 0.3) is 0 Å². The highest BCUT2D eigenvalue weighted by Gasteiger charge is 2.37. The summed E-state index contributed by atoms with van der Waals surface area (Å²) in [6, 6.07) is 7.33. The first kappa shape index (κ1) is 17.3. The van der Waals surface area contributed by atoms with Crippen molar-refractivity contribution in [3.63, 3.8) is 0 Å². The number of halogens is 1. The van der Waals surface area contributed by atoms with Crippen molar-refractivity contribution in [2.24, 2.45) is 0 Å². The van der Waals surface area contributed by atoms with Crippen LogP contribution in [0.15, 0.2) is 36.9 Å². The van der Waals surface area contributed by atoms with Crippen molar-refractivity contribution in [3.8, 4) is 5.75 Å². The Kier molecular flexibility index (Phi) is 5.87. The summed E-state index contributed by atoms with van der Waals surface area (Å²) in [7, 11) is -1.76. The predicted octanol–water partition coefficient (Wildman–Crippen LogP) is 5.30. The van der Waals surface area contributed by atoms with Crippen LogP contribution >= 0.6 is 11.6 Å². The standard InChI is InChI=1S/C16H25ClO2Si/c1-7-14(12-18-20(5,6)16(2,3)4)19-15-10-8-13(17)9-11-15/h7-11,14H,1,12H2,2-6H3. The second-order valence-electron chi connectivity index (χ2n) is 6.42. The SMILES string of the molecule is C=CC(CO[Si](C)(C)C(C)(C)C)Oc1ccc(Cl)cc1. The van der Waals surface area contributed by atoms with E-state index in [-0.39, 0.29) is 11.1 Å². The lowest BCUT2D eigenvalue weighted by Crippen LogP contribution is -2.43. The Balaban J connectivity index is 2.60. The largest absolute Gasteiger partial charge is 0.484 e. The molecule has 4 heteroatoms. The Morgan fingerprint density at radius 2 is 1.80 bits per heavy atom. The smallest absolute Gasteiger partial charge is 0.192 e. The molecule has 20 heavy (non-hydrogen) atoms. The number of rotatable bonds is 6. The minimum absolute atomic E-state index is 0.148. The molecule has 0 spiro atoms. The van der Waals surface area contributed by atoms with E-state index in [1.54, 1.807) is 6.08 Å². The van der Waals surface area contributed by atoms with Crippen LogP contribution in [0, 0.1) is 0 Å². The van der Waals surface area contributed by atoms with E-state index in [1.807, 2.05) is 24.3 Å². The van der Waals surface area contributed by atoms with Gasteiger partial charge in [-0.3, -0.25) is 0 Å². The Labute approximate surface area is 128 Å². The van der Waals surface area contributed by atoms with Gasteiger partial charge < -0.3 is 9.16 Å². The molecule has 1 atom stereocenters. The van der Waals surface area contributed by atoms with Crippen molar-refractivity contribution in [2.75, 3.05) is 6.61 Å². The molecule has 1 aromatic rings. The van der Waals surface area contributed by atoms with Crippen molar-refractivity contribution in [3.05, 3.63) is 41.9 Å². The molecule has 0 N–H and O–H groups in total. The van der Waals surface area contributed by atoms with Crippen LogP contribution in [0.5, 0.6) is 5.75 Å². The minimum Gasteiger partial charge on any atom is -0.484 e. The zero-order valence-corrected chi connectivity index (χ0v) is 14.8. The number of hydrogen-bond acceptors (Lipinski definition) is 2. The molecular formula is C16H25ClO2Si. The van der Waals surface area contributed by atoms with E-state index in [4.69, 9.17) is 20.8 Å². The monoisotopic (exact) mass is 312 g/mol. The lowest BCUT2D eigenvalue weighted by Gasteiger charge is -2.37. The summed E-state index contributed by atoms with van der Waals surface area (Å²) in [5.74, 6) is 0.776. The van der Waals surface area contributed by atoms with Gasteiger partial charge in [-0.1, -0.05) is 39.0 Å². The molecule has 0 saturated heterocycles. The Bertz CT molecular complexity index is 435. The average Bonchev–Trinajstić information content (AvgIpc) is 2.35. The van der Waals surface area contributed by atoms with Gasteiger partial charge in [0.05, 0.1) is 6.61 Å². The quantitative estimate of drug-likeness (QED) is 0.524.